The molecule has 2 aliphatic rings. The van der Waals surface area contributed by atoms with Crippen molar-refractivity contribution < 1.29 is 27.2 Å². The molecule has 0 saturated heterocycles. The second kappa shape index (κ2) is 32.7. The minimum Gasteiger partial charge on any atom is -0.496 e. The van der Waals surface area contributed by atoms with Crippen LogP contribution >= 0.6 is 15.9 Å². The number of hydrogen-bond donors (Lipinski definition) is 0. The molecule has 2 aliphatic carbocycles. The Hall–Kier alpha value is -2.92. The molecule has 0 aromatic heterocycles. The zero-order chi connectivity index (χ0) is 49.6. The predicted octanol–water partition coefficient (Wildman–Crippen LogP) is 19.1. The van der Waals surface area contributed by atoms with Gasteiger partial charge < -0.3 is 18.9 Å². The van der Waals surface area contributed by atoms with E-state index in [9.17, 15) is 0 Å². The second-order valence-corrected chi connectivity index (χ2v) is 18.7. The van der Waals surface area contributed by atoms with Gasteiger partial charge in [-0.05, 0) is 108 Å². The fraction of sp³-hybridized carbons (Fsp3) is 0.655. The zero-order valence-corrected chi connectivity index (χ0v) is 41.0. The van der Waals surface area contributed by atoms with Crippen molar-refractivity contribution in [2.45, 2.75) is 209 Å². The first-order valence-electron chi connectivity index (χ1n) is 26.8. The van der Waals surface area contributed by atoms with Crippen LogP contribution in [0.25, 0.3) is 0 Å². The van der Waals surface area contributed by atoms with Crippen LogP contribution in [0, 0.1) is 11.8 Å². The van der Waals surface area contributed by atoms with Crippen LogP contribution in [0.1, 0.15) is 227 Å². The number of benzene rings is 2. The molecule has 0 heterocycles. The highest BCUT2D eigenvalue weighted by atomic mass is 79.9. The van der Waals surface area contributed by atoms with Gasteiger partial charge in [-0.15, -0.1) is 0 Å². The molecule has 0 saturated carbocycles. The Labute approximate surface area is 406 Å². The van der Waals surface area contributed by atoms with Crippen molar-refractivity contribution in [3.05, 3.63) is 93.0 Å². The van der Waals surface area contributed by atoms with Gasteiger partial charge in [0.15, 0.2) is 0 Å². The van der Waals surface area contributed by atoms with E-state index in [1.807, 2.05) is 12.1 Å². The average molecular weight is 942 g/mol. The lowest BCUT2D eigenvalue weighted by molar-refractivity contribution is 0.368. The Bertz CT molecular complexity index is 1830. The molecule has 2 aromatic carbocycles. The standard InChI is InChI=1S/C38H64O2.C18H23BrO2.2CH4/c1-7-8-9-10-11-12-13-14-15-16-17-18-19-20-21-22-23-24-25-33-29-36(39-5)38(37(30-33)40-6)35-28-32(4)26-27-34(35)31(2)3;1-11(2)14-7-6-12(3)8-15(14)18-16(20-4)9-13(19)10-17(18)21-5;;/h28-30,34-35H,2,7-27H2,1,3-6H3;8-10,14-15H,1,6-7H2,2-5H3;2*1H4/t34-,35+;14-,15+;;/m00../s1/i3D3;2D3;;. The first kappa shape index (κ1) is 48.0. The van der Waals surface area contributed by atoms with E-state index >= 15 is 0 Å². The number of methoxy groups -OCH3 is 4. The van der Waals surface area contributed by atoms with Crippen molar-refractivity contribution >= 4 is 15.9 Å². The van der Waals surface area contributed by atoms with Gasteiger partial charge in [-0.1, -0.05) is 194 Å². The normalized spacial score (nSPS) is 19.9. The van der Waals surface area contributed by atoms with Gasteiger partial charge in [0.05, 0.1) is 28.4 Å². The van der Waals surface area contributed by atoms with Crippen LogP contribution in [-0.4, -0.2) is 28.4 Å². The van der Waals surface area contributed by atoms with E-state index in [0.717, 1.165) is 65.6 Å². The molecular weight excluding hydrogens is 841 g/mol. The summed E-state index contributed by atoms with van der Waals surface area (Å²) in [6.45, 7) is 10.0. The van der Waals surface area contributed by atoms with Crippen molar-refractivity contribution in [1.29, 1.82) is 0 Å². The molecule has 4 nitrogen and oxygen atoms in total. The number of rotatable bonds is 27. The van der Waals surface area contributed by atoms with E-state index in [-0.39, 0.29) is 38.5 Å². The summed E-state index contributed by atoms with van der Waals surface area (Å²) >= 11 is 3.46. The monoisotopic (exact) mass is 941 g/mol. The van der Waals surface area contributed by atoms with Crippen molar-refractivity contribution in [3.63, 3.8) is 0 Å². The maximum Gasteiger partial charge on any atom is 0.127 e. The molecular formula is C58H95BrO4. The van der Waals surface area contributed by atoms with Crippen LogP contribution in [-0.2, 0) is 6.42 Å². The summed E-state index contributed by atoms with van der Waals surface area (Å²) in [5.74, 6) is 2.34. The molecule has 358 valence electrons. The average Bonchev–Trinajstić information content (AvgIpc) is 3.29. The molecule has 0 radical (unpaired) electrons. The van der Waals surface area contributed by atoms with Gasteiger partial charge in [0.2, 0.25) is 0 Å². The van der Waals surface area contributed by atoms with E-state index in [2.05, 4.69) is 74.1 Å². The first-order chi connectivity index (χ1) is 31.9. The number of aryl methyl sites for hydroxylation is 1. The quantitative estimate of drug-likeness (QED) is 0.0661. The van der Waals surface area contributed by atoms with Crippen LogP contribution in [0.3, 0.4) is 0 Å². The number of ether oxygens (including phenoxy) is 4. The molecule has 2 aromatic rings. The molecule has 0 spiro atoms. The smallest absolute Gasteiger partial charge is 0.127 e. The lowest BCUT2D eigenvalue weighted by Gasteiger charge is -2.32. The van der Waals surface area contributed by atoms with Crippen LogP contribution in [0.4, 0.5) is 0 Å². The molecule has 0 fully saturated rings. The maximum absolute atomic E-state index is 7.98. The van der Waals surface area contributed by atoms with Crippen molar-refractivity contribution in [1.82, 2.24) is 0 Å². The Morgan fingerprint density at radius 2 is 0.873 bits per heavy atom. The number of unbranched alkanes of at least 4 members (excludes halogenated alkanes) is 17. The lowest BCUT2D eigenvalue weighted by atomic mass is 9.73. The molecule has 0 aliphatic heterocycles. The van der Waals surface area contributed by atoms with Crippen LogP contribution in [0.5, 0.6) is 23.0 Å². The second-order valence-electron chi connectivity index (χ2n) is 17.8. The van der Waals surface area contributed by atoms with Crippen LogP contribution in [0.15, 0.2) is 76.3 Å². The summed E-state index contributed by atoms with van der Waals surface area (Å²) in [6.07, 6.45) is 33.5. The molecule has 0 unspecified atom stereocenters. The Kier molecular flexibility index (Phi) is 24.9. The summed E-state index contributed by atoms with van der Waals surface area (Å²) < 4.78 is 70.9. The van der Waals surface area contributed by atoms with E-state index in [4.69, 9.17) is 27.2 Å². The van der Waals surface area contributed by atoms with Crippen LogP contribution in [0.2, 0.25) is 0 Å². The minimum absolute atomic E-state index is 0. The highest BCUT2D eigenvalue weighted by molar-refractivity contribution is 9.10. The van der Waals surface area contributed by atoms with Gasteiger partial charge in [-0.25, -0.2) is 0 Å². The maximum atomic E-state index is 7.98. The molecule has 0 bridgehead atoms. The van der Waals surface area contributed by atoms with Gasteiger partial charge in [-0.3, -0.25) is 0 Å². The van der Waals surface area contributed by atoms with Crippen molar-refractivity contribution in [2.24, 2.45) is 11.8 Å². The number of hydrogen-bond acceptors (Lipinski definition) is 4. The lowest BCUT2D eigenvalue weighted by Crippen LogP contribution is -2.18. The summed E-state index contributed by atoms with van der Waals surface area (Å²) in [5.41, 5.74) is 6.17. The third-order valence-corrected chi connectivity index (χ3v) is 13.4. The number of halogens is 1. The van der Waals surface area contributed by atoms with E-state index in [0.29, 0.717) is 22.6 Å². The Morgan fingerprint density at radius 1 is 0.556 bits per heavy atom. The Morgan fingerprint density at radius 3 is 1.19 bits per heavy atom. The fourth-order valence-corrected chi connectivity index (χ4v) is 9.84. The fourth-order valence-electron chi connectivity index (χ4n) is 9.42. The van der Waals surface area contributed by atoms with Gasteiger partial charge in [0.25, 0.3) is 0 Å². The van der Waals surface area contributed by atoms with E-state index in [1.165, 1.54) is 126 Å². The summed E-state index contributed by atoms with van der Waals surface area (Å²) in [5, 5.41) is 0. The van der Waals surface area contributed by atoms with Crippen LogP contribution < -0.4 is 18.9 Å². The van der Waals surface area contributed by atoms with E-state index < -0.39 is 13.7 Å². The molecule has 0 N–H and O–H groups in total. The third-order valence-electron chi connectivity index (χ3n) is 13.0. The molecule has 4 atom stereocenters. The van der Waals surface area contributed by atoms with Gasteiger partial charge in [-0.2, -0.15) is 0 Å². The topological polar surface area (TPSA) is 36.9 Å². The minimum atomic E-state index is -2.17. The Balaban J connectivity index is 0.000000776. The van der Waals surface area contributed by atoms with Gasteiger partial charge in [0, 0.05) is 35.7 Å². The number of allylic oxidation sites excluding steroid dienone is 6. The molecule has 63 heavy (non-hydrogen) atoms. The third kappa shape index (κ3) is 19.6. The largest absolute Gasteiger partial charge is 0.496 e. The summed E-state index contributed by atoms with van der Waals surface area (Å²) in [6, 6.07) is 8.03. The highest BCUT2D eigenvalue weighted by Gasteiger charge is 2.32. The zero-order valence-electron chi connectivity index (χ0n) is 45.5. The van der Waals surface area contributed by atoms with Gasteiger partial charge in [0.1, 0.15) is 23.0 Å². The van der Waals surface area contributed by atoms with Crippen molar-refractivity contribution in [3.8, 4) is 23.0 Å². The SMILES string of the molecule is C.C.[2H]C([2H])([2H])C(=C)[C@@H]1CCC(C)=C[C@H]1c1c(OC)cc(Br)cc1OC.[2H]C([2H])([2H])C(=C)[C@@H]1CCC(C)=C[C@H]1c1c(OC)cc(CCCCCCCCCCCCCCCCCCCC)cc1OC. The van der Waals surface area contributed by atoms with Crippen molar-refractivity contribution in [2.75, 3.05) is 28.4 Å². The molecule has 0 amide bonds. The van der Waals surface area contributed by atoms with E-state index in [1.54, 1.807) is 28.4 Å². The summed E-state index contributed by atoms with van der Waals surface area (Å²) in [7, 11) is 6.62. The van der Waals surface area contributed by atoms with Gasteiger partial charge >= 0.3 is 0 Å². The highest BCUT2D eigenvalue weighted by Crippen LogP contribution is 2.49. The predicted molar refractivity (Wildman–Crippen MR) is 281 cm³/mol. The molecule has 5 heteroatoms. The first-order valence-corrected chi connectivity index (χ1v) is 24.6. The molecule has 4 rings (SSSR count). The summed E-state index contributed by atoms with van der Waals surface area (Å²) in [4.78, 5) is 0.